The van der Waals surface area contributed by atoms with E-state index in [0.29, 0.717) is 6.04 Å². The second-order valence-corrected chi connectivity index (χ2v) is 4.43. The van der Waals surface area contributed by atoms with E-state index >= 15 is 0 Å². The molecule has 1 saturated heterocycles. The lowest BCUT2D eigenvalue weighted by atomic mass is 9.96. The molecule has 3 nitrogen and oxygen atoms in total. The summed E-state index contributed by atoms with van der Waals surface area (Å²) in [6.45, 7) is 1.95. The van der Waals surface area contributed by atoms with E-state index in [1.807, 2.05) is 18.5 Å². The van der Waals surface area contributed by atoms with Crippen molar-refractivity contribution in [3.63, 3.8) is 0 Å². The molecule has 2 atom stereocenters. The van der Waals surface area contributed by atoms with Gasteiger partial charge in [0, 0.05) is 24.4 Å². The minimum atomic E-state index is -0.0369. The van der Waals surface area contributed by atoms with Crippen molar-refractivity contribution >= 4 is 0 Å². The largest absolute Gasteiger partial charge is 0.384 e. The summed E-state index contributed by atoms with van der Waals surface area (Å²) in [6, 6.07) is 4.68. The Morgan fingerprint density at radius 1 is 1.41 bits per heavy atom. The molecule has 17 heavy (non-hydrogen) atoms. The lowest BCUT2D eigenvalue weighted by Gasteiger charge is -2.31. The minimum Gasteiger partial charge on any atom is -0.384 e. The molecule has 1 unspecified atom stereocenters. The van der Waals surface area contributed by atoms with Crippen molar-refractivity contribution in [2.45, 2.75) is 25.3 Å². The molecule has 1 aromatic heterocycles. The predicted octanol–water partition coefficient (Wildman–Crippen LogP) is 0.187. The van der Waals surface area contributed by atoms with Crippen LogP contribution in [0.4, 0.5) is 0 Å². The topological polar surface area (TPSA) is 37.6 Å². The Hall–Kier alpha value is -1.37. The van der Waals surface area contributed by atoms with E-state index in [9.17, 15) is 0 Å². The highest BCUT2D eigenvalue weighted by atomic mass is 16.2. The summed E-state index contributed by atoms with van der Waals surface area (Å²) in [5.41, 5.74) is 1.31. The van der Waals surface area contributed by atoms with E-state index in [1.165, 1.54) is 36.3 Å². The third kappa shape index (κ3) is 3.29. The van der Waals surface area contributed by atoms with Crippen molar-refractivity contribution in [2.24, 2.45) is 0 Å². The fraction of sp³-hybridized carbons (Fsp3) is 0.500. The average Bonchev–Trinajstić information content (AvgIpc) is 2.41. The number of quaternary nitrogens is 1. The van der Waals surface area contributed by atoms with Gasteiger partial charge in [-0.25, -0.2) is 0 Å². The summed E-state index contributed by atoms with van der Waals surface area (Å²) in [7, 11) is 0. The van der Waals surface area contributed by atoms with Crippen molar-refractivity contribution in [3.05, 3.63) is 30.1 Å². The van der Waals surface area contributed by atoms with E-state index in [2.05, 4.69) is 22.9 Å². The molecule has 2 N–H and O–H groups in total. The Bertz CT molecular complexity index is 394. The number of hydrogen-bond donors (Lipinski definition) is 2. The Morgan fingerprint density at radius 3 is 3.12 bits per heavy atom. The Labute approximate surface area is 102 Å². The lowest BCUT2D eigenvalue weighted by Crippen LogP contribution is -3.13. The molecule has 0 saturated carbocycles. The fourth-order valence-corrected chi connectivity index (χ4v) is 2.51. The predicted molar refractivity (Wildman–Crippen MR) is 66.4 cm³/mol. The van der Waals surface area contributed by atoms with Gasteiger partial charge in [0.05, 0.1) is 6.54 Å². The van der Waals surface area contributed by atoms with Crippen LogP contribution in [-0.2, 0) is 0 Å². The van der Waals surface area contributed by atoms with Crippen LogP contribution in [-0.4, -0.2) is 29.8 Å². The van der Waals surface area contributed by atoms with Gasteiger partial charge in [-0.1, -0.05) is 12.0 Å². The molecule has 2 heterocycles. The van der Waals surface area contributed by atoms with Crippen molar-refractivity contribution in [1.82, 2.24) is 4.98 Å². The van der Waals surface area contributed by atoms with Crippen LogP contribution in [0.1, 0.15) is 30.9 Å². The summed E-state index contributed by atoms with van der Waals surface area (Å²) in [6.07, 6.45) is 7.55. The normalized spacial score (nSPS) is 23.8. The zero-order valence-electron chi connectivity index (χ0n) is 10.0. The van der Waals surface area contributed by atoms with Gasteiger partial charge in [-0.15, -0.1) is 0 Å². The van der Waals surface area contributed by atoms with Gasteiger partial charge in [-0.3, -0.25) is 4.98 Å². The van der Waals surface area contributed by atoms with Gasteiger partial charge in [-0.2, -0.15) is 0 Å². The van der Waals surface area contributed by atoms with Crippen molar-refractivity contribution < 1.29 is 10.0 Å². The van der Waals surface area contributed by atoms with Crippen LogP contribution in [0, 0.1) is 11.8 Å². The number of aliphatic hydroxyl groups is 1. The maximum absolute atomic E-state index is 8.69. The third-order valence-corrected chi connectivity index (χ3v) is 3.34. The average molecular weight is 231 g/mol. The van der Waals surface area contributed by atoms with Crippen molar-refractivity contribution in [2.75, 3.05) is 19.7 Å². The van der Waals surface area contributed by atoms with Gasteiger partial charge >= 0.3 is 0 Å². The third-order valence-electron chi connectivity index (χ3n) is 3.34. The summed E-state index contributed by atoms with van der Waals surface area (Å²) >= 11 is 0. The summed E-state index contributed by atoms with van der Waals surface area (Å²) in [5, 5.41) is 8.69. The highest BCUT2D eigenvalue weighted by Crippen LogP contribution is 2.17. The number of aliphatic hydroxyl groups excluding tert-OH is 1. The number of hydrogen-bond acceptors (Lipinski definition) is 2. The number of pyridine rings is 1. The zero-order valence-corrected chi connectivity index (χ0v) is 10.0. The first-order chi connectivity index (χ1) is 8.42. The smallest absolute Gasteiger partial charge is 0.139 e. The summed E-state index contributed by atoms with van der Waals surface area (Å²) in [5.74, 6) is 5.78. The Balaban J connectivity index is 2.07. The van der Waals surface area contributed by atoms with Crippen LogP contribution in [0.3, 0.4) is 0 Å². The minimum absolute atomic E-state index is 0.0369. The standard InChI is InChI=1S/C14H18N2O/c17-11-4-3-10-16-9-2-1-7-14(16)13-6-5-8-15-12-13/h5-6,8,12,14,17H,1-2,7,9-11H2/p+1/t14-/m1/s1. The summed E-state index contributed by atoms with van der Waals surface area (Å²) in [4.78, 5) is 5.71. The van der Waals surface area contributed by atoms with Crippen LogP contribution in [0.5, 0.6) is 0 Å². The molecule has 3 heteroatoms. The maximum atomic E-state index is 8.69. The zero-order chi connectivity index (χ0) is 11.9. The molecule has 0 amide bonds. The van der Waals surface area contributed by atoms with E-state index in [-0.39, 0.29) is 6.61 Å². The lowest BCUT2D eigenvalue weighted by molar-refractivity contribution is -0.930. The number of piperidine rings is 1. The Morgan fingerprint density at radius 2 is 2.35 bits per heavy atom. The molecule has 0 aromatic carbocycles. The molecule has 1 aliphatic rings. The van der Waals surface area contributed by atoms with Gasteiger partial charge in [0.2, 0.25) is 0 Å². The molecular formula is C14H19N2O+. The first kappa shape index (κ1) is 12.1. The highest BCUT2D eigenvalue weighted by Gasteiger charge is 2.26. The fourth-order valence-electron chi connectivity index (χ4n) is 2.51. The van der Waals surface area contributed by atoms with E-state index in [0.717, 1.165) is 6.54 Å². The van der Waals surface area contributed by atoms with E-state index in [1.54, 1.807) is 0 Å². The molecule has 1 aromatic rings. The van der Waals surface area contributed by atoms with Crippen LogP contribution in [0.25, 0.3) is 0 Å². The SMILES string of the molecule is OCC#CC[NH+]1CCCC[C@@H]1c1cccnc1. The number of likely N-dealkylation sites (tertiary alicyclic amines) is 1. The van der Waals surface area contributed by atoms with Crippen LogP contribution < -0.4 is 4.90 Å². The van der Waals surface area contributed by atoms with E-state index in [4.69, 9.17) is 5.11 Å². The molecule has 0 spiro atoms. The van der Waals surface area contributed by atoms with E-state index < -0.39 is 0 Å². The molecule has 1 fully saturated rings. The number of rotatable bonds is 2. The number of nitrogens with one attached hydrogen (secondary N) is 1. The first-order valence-corrected chi connectivity index (χ1v) is 6.23. The second-order valence-electron chi connectivity index (χ2n) is 4.43. The van der Waals surface area contributed by atoms with Gasteiger partial charge in [-0.05, 0) is 24.8 Å². The summed E-state index contributed by atoms with van der Waals surface area (Å²) < 4.78 is 0. The molecule has 0 bridgehead atoms. The quantitative estimate of drug-likeness (QED) is 0.713. The maximum Gasteiger partial charge on any atom is 0.139 e. The van der Waals surface area contributed by atoms with Gasteiger partial charge in [0.1, 0.15) is 19.2 Å². The molecule has 0 radical (unpaired) electrons. The molecule has 2 rings (SSSR count). The van der Waals surface area contributed by atoms with Crippen LogP contribution in [0.2, 0.25) is 0 Å². The van der Waals surface area contributed by atoms with Crippen LogP contribution >= 0.6 is 0 Å². The molecular weight excluding hydrogens is 212 g/mol. The molecule has 0 aliphatic carbocycles. The molecule has 1 aliphatic heterocycles. The van der Waals surface area contributed by atoms with Gasteiger partial charge < -0.3 is 10.0 Å². The monoisotopic (exact) mass is 231 g/mol. The highest BCUT2D eigenvalue weighted by molar-refractivity contribution is 5.12. The van der Waals surface area contributed by atoms with Crippen molar-refractivity contribution in [3.8, 4) is 11.8 Å². The van der Waals surface area contributed by atoms with Crippen molar-refractivity contribution in [1.29, 1.82) is 0 Å². The molecule has 90 valence electrons. The van der Waals surface area contributed by atoms with Gasteiger partial charge in [0.15, 0.2) is 0 Å². The first-order valence-electron chi connectivity index (χ1n) is 6.23. The number of aromatic nitrogens is 1. The number of nitrogens with zero attached hydrogens (tertiary/aromatic N) is 1. The second kappa shape index (κ2) is 6.39. The van der Waals surface area contributed by atoms with Gasteiger partial charge in [0.25, 0.3) is 0 Å². The Kier molecular flexibility index (Phi) is 4.54. The van der Waals surface area contributed by atoms with Crippen LogP contribution in [0.15, 0.2) is 24.5 Å².